The van der Waals surface area contributed by atoms with Gasteiger partial charge in [0.25, 0.3) is 0 Å². The molecule has 104 valence electrons. The quantitative estimate of drug-likeness (QED) is 0.587. The number of methoxy groups -OCH3 is 1. The predicted octanol–water partition coefficient (Wildman–Crippen LogP) is 1.08. The minimum Gasteiger partial charge on any atom is -0.382 e. The molecule has 0 N–H and O–H groups in total. The van der Waals surface area contributed by atoms with Gasteiger partial charge in [-0.05, 0) is 5.92 Å². The lowest BCUT2D eigenvalue weighted by Gasteiger charge is -2.05. The van der Waals surface area contributed by atoms with Crippen molar-refractivity contribution < 1.29 is 14.2 Å². The molecule has 0 saturated heterocycles. The van der Waals surface area contributed by atoms with Crippen molar-refractivity contribution >= 4 is 0 Å². The van der Waals surface area contributed by atoms with E-state index in [0.717, 1.165) is 12.2 Å². The van der Waals surface area contributed by atoms with Gasteiger partial charge in [-0.25, -0.2) is 4.68 Å². The highest BCUT2D eigenvalue weighted by molar-refractivity contribution is 4.97. The third kappa shape index (κ3) is 6.09. The smallest absolute Gasteiger partial charge is 0.0852 e. The Balaban J connectivity index is 2.00. The van der Waals surface area contributed by atoms with Crippen molar-refractivity contribution in [3.63, 3.8) is 0 Å². The van der Waals surface area contributed by atoms with Crippen LogP contribution in [0.15, 0.2) is 6.20 Å². The number of ether oxygens (including phenoxy) is 3. The summed E-state index contributed by atoms with van der Waals surface area (Å²) in [5.74, 6) is 0.411. The monoisotopic (exact) mass is 257 g/mol. The Bertz CT molecular complexity index is 315. The second kappa shape index (κ2) is 9.02. The lowest BCUT2D eigenvalue weighted by molar-refractivity contribution is 0.0224. The van der Waals surface area contributed by atoms with E-state index in [1.165, 1.54) is 0 Å². The highest BCUT2D eigenvalue weighted by Gasteiger charge is 2.04. The molecule has 6 nitrogen and oxygen atoms in total. The minimum atomic E-state index is 0.411. The summed E-state index contributed by atoms with van der Waals surface area (Å²) in [6.45, 7) is 7.96. The van der Waals surface area contributed by atoms with E-state index in [2.05, 4.69) is 24.2 Å². The maximum atomic E-state index is 5.43. The number of nitrogens with zero attached hydrogens (tertiary/aromatic N) is 3. The summed E-state index contributed by atoms with van der Waals surface area (Å²) in [4.78, 5) is 0. The maximum absolute atomic E-state index is 5.43. The summed E-state index contributed by atoms with van der Waals surface area (Å²) >= 11 is 0. The molecule has 6 heteroatoms. The van der Waals surface area contributed by atoms with Gasteiger partial charge in [0.05, 0.1) is 45.3 Å². The molecule has 1 heterocycles. The van der Waals surface area contributed by atoms with Crippen molar-refractivity contribution in [1.82, 2.24) is 15.0 Å². The van der Waals surface area contributed by atoms with Gasteiger partial charge in [0.2, 0.25) is 0 Å². The summed E-state index contributed by atoms with van der Waals surface area (Å²) in [6.07, 6.45) is 1.96. The summed E-state index contributed by atoms with van der Waals surface area (Å²) < 4.78 is 17.4. The van der Waals surface area contributed by atoms with E-state index in [-0.39, 0.29) is 0 Å². The van der Waals surface area contributed by atoms with Crippen molar-refractivity contribution in [2.75, 3.05) is 40.1 Å². The van der Waals surface area contributed by atoms with E-state index >= 15 is 0 Å². The molecule has 0 aliphatic heterocycles. The normalized spacial score (nSPS) is 11.3. The molecule has 0 amide bonds. The zero-order valence-corrected chi connectivity index (χ0v) is 11.5. The van der Waals surface area contributed by atoms with Gasteiger partial charge in [-0.3, -0.25) is 0 Å². The van der Waals surface area contributed by atoms with Gasteiger partial charge >= 0.3 is 0 Å². The first-order valence-electron chi connectivity index (χ1n) is 6.28. The van der Waals surface area contributed by atoms with Crippen LogP contribution in [0.3, 0.4) is 0 Å². The van der Waals surface area contributed by atoms with Gasteiger partial charge in [-0.2, -0.15) is 0 Å². The van der Waals surface area contributed by atoms with E-state index in [9.17, 15) is 0 Å². The molecule has 0 aromatic carbocycles. The number of hydrogen-bond donors (Lipinski definition) is 0. The molecule has 0 unspecified atom stereocenters. The molecule has 0 aliphatic carbocycles. The highest BCUT2D eigenvalue weighted by atomic mass is 16.5. The van der Waals surface area contributed by atoms with Gasteiger partial charge in [-0.15, -0.1) is 5.10 Å². The number of hydrogen-bond acceptors (Lipinski definition) is 5. The van der Waals surface area contributed by atoms with E-state index in [0.29, 0.717) is 39.0 Å². The lowest BCUT2D eigenvalue weighted by atomic mass is 10.2. The van der Waals surface area contributed by atoms with Crippen molar-refractivity contribution in [2.45, 2.75) is 26.3 Å². The fraction of sp³-hybridized carbons (Fsp3) is 0.833. The minimum absolute atomic E-state index is 0.411. The summed E-state index contributed by atoms with van der Waals surface area (Å²) in [6, 6.07) is 0. The Labute approximate surface area is 108 Å². The standard InChI is InChI=1S/C12H23N3O3/c1-11(2)12-10-15(14-13-12)4-5-17-8-9-18-7-6-16-3/h10-11H,4-9H2,1-3H3. The Kier molecular flexibility index (Phi) is 7.55. The van der Waals surface area contributed by atoms with Crippen LogP contribution in [0, 0.1) is 0 Å². The third-order valence-corrected chi connectivity index (χ3v) is 2.42. The molecular formula is C12H23N3O3. The number of rotatable bonds is 10. The molecule has 1 aromatic rings. The van der Waals surface area contributed by atoms with Crippen LogP contribution in [0.5, 0.6) is 0 Å². The van der Waals surface area contributed by atoms with Crippen LogP contribution in [-0.4, -0.2) is 55.1 Å². The Hall–Kier alpha value is -0.980. The van der Waals surface area contributed by atoms with Crippen LogP contribution < -0.4 is 0 Å². The zero-order valence-electron chi connectivity index (χ0n) is 11.5. The molecule has 1 rings (SSSR count). The molecular weight excluding hydrogens is 234 g/mol. The van der Waals surface area contributed by atoms with Crippen LogP contribution in [0.2, 0.25) is 0 Å². The molecule has 0 saturated carbocycles. The van der Waals surface area contributed by atoms with Crippen LogP contribution >= 0.6 is 0 Å². The Morgan fingerprint density at radius 1 is 1.11 bits per heavy atom. The lowest BCUT2D eigenvalue weighted by Crippen LogP contribution is -2.12. The zero-order chi connectivity index (χ0) is 13.2. The predicted molar refractivity (Wildman–Crippen MR) is 67.6 cm³/mol. The first-order valence-corrected chi connectivity index (χ1v) is 6.28. The van der Waals surface area contributed by atoms with Crippen molar-refractivity contribution in [1.29, 1.82) is 0 Å². The van der Waals surface area contributed by atoms with Crippen LogP contribution in [0.4, 0.5) is 0 Å². The van der Waals surface area contributed by atoms with Gasteiger partial charge < -0.3 is 14.2 Å². The molecule has 1 aromatic heterocycles. The second-order valence-electron chi connectivity index (χ2n) is 4.28. The van der Waals surface area contributed by atoms with Crippen molar-refractivity contribution in [2.24, 2.45) is 0 Å². The van der Waals surface area contributed by atoms with Gasteiger partial charge in [0.15, 0.2) is 0 Å². The van der Waals surface area contributed by atoms with Gasteiger partial charge in [0.1, 0.15) is 0 Å². The molecule has 0 radical (unpaired) electrons. The molecule has 0 spiro atoms. The average Bonchev–Trinajstić information content (AvgIpc) is 2.81. The first kappa shape index (κ1) is 15.1. The van der Waals surface area contributed by atoms with Crippen molar-refractivity contribution in [3.8, 4) is 0 Å². The fourth-order valence-corrected chi connectivity index (χ4v) is 1.31. The summed E-state index contributed by atoms with van der Waals surface area (Å²) in [5, 5.41) is 8.12. The van der Waals surface area contributed by atoms with Crippen LogP contribution in [0.1, 0.15) is 25.5 Å². The SMILES string of the molecule is COCCOCCOCCn1cc(C(C)C)nn1. The van der Waals surface area contributed by atoms with Crippen LogP contribution in [-0.2, 0) is 20.8 Å². The number of aromatic nitrogens is 3. The highest BCUT2D eigenvalue weighted by Crippen LogP contribution is 2.08. The van der Waals surface area contributed by atoms with Crippen LogP contribution in [0.25, 0.3) is 0 Å². The molecule has 18 heavy (non-hydrogen) atoms. The van der Waals surface area contributed by atoms with E-state index in [1.54, 1.807) is 11.8 Å². The third-order valence-electron chi connectivity index (χ3n) is 2.42. The van der Waals surface area contributed by atoms with E-state index in [4.69, 9.17) is 14.2 Å². The molecule has 0 aliphatic rings. The molecule has 0 fully saturated rings. The maximum Gasteiger partial charge on any atom is 0.0852 e. The van der Waals surface area contributed by atoms with Gasteiger partial charge in [-0.1, -0.05) is 19.1 Å². The molecule has 0 bridgehead atoms. The summed E-state index contributed by atoms with van der Waals surface area (Å²) in [5.41, 5.74) is 1.01. The van der Waals surface area contributed by atoms with Crippen molar-refractivity contribution in [3.05, 3.63) is 11.9 Å². The average molecular weight is 257 g/mol. The van der Waals surface area contributed by atoms with Gasteiger partial charge in [0, 0.05) is 13.3 Å². The fourth-order valence-electron chi connectivity index (χ4n) is 1.31. The Morgan fingerprint density at radius 2 is 1.78 bits per heavy atom. The summed E-state index contributed by atoms with van der Waals surface area (Å²) in [7, 11) is 1.66. The topological polar surface area (TPSA) is 58.4 Å². The molecule has 0 atom stereocenters. The van der Waals surface area contributed by atoms with E-state index < -0.39 is 0 Å². The van der Waals surface area contributed by atoms with E-state index in [1.807, 2.05) is 6.20 Å². The second-order valence-corrected chi connectivity index (χ2v) is 4.28. The first-order chi connectivity index (χ1) is 8.74. The largest absolute Gasteiger partial charge is 0.382 e. The Morgan fingerprint density at radius 3 is 2.39 bits per heavy atom.